The first-order valence-electron chi connectivity index (χ1n) is 13.0. The highest BCUT2D eigenvalue weighted by atomic mass is 35.5. The lowest BCUT2D eigenvalue weighted by Gasteiger charge is -2.45. The molecule has 8 heteroatoms. The Morgan fingerprint density at radius 2 is 1.28 bits per heavy atom. The van der Waals surface area contributed by atoms with Crippen molar-refractivity contribution >= 4 is 41.0 Å². The summed E-state index contributed by atoms with van der Waals surface area (Å²) < 4.78 is 5.35. The van der Waals surface area contributed by atoms with Crippen LogP contribution in [0.1, 0.15) is 47.9 Å². The predicted molar refractivity (Wildman–Crippen MR) is 145 cm³/mol. The number of ether oxygens (including phenoxy) is 1. The Morgan fingerprint density at radius 3 is 1.74 bits per heavy atom. The number of esters is 1. The highest BCUT2D eigenvalue weighted by Gasteiger charge is 2.63. The van der Waals surface area contributed by atoms with Gasteiger partial charge in [-0.05, 0) is 40.3 Å². The number of carbonyl (C=O) groups excluding carboxylic acids is 4. The van der Waals surface area contributed by atoms with E-state index in [-0.39, 0.29) is 23.7 Å². The van der Waals surface area contributed by atoms with Gasteiger partial charge in [0.15, 0.2) is 6.61 Å². The van der Waals surface area contributed by atoms with Crippen LogP contribution >= 0.6 is 11.6 Å². The summed E-state index contributed by atoms with van der Waals surface area (Å²) in [5, 5.41) is 2.96. The number of halogens is 1. The van der Waals surface area contributed by atoms with Crippen molar-refractivity contribution in [3.05, 3.63) is 100 Å². The summed E-state index contributed by atoms with van der Waals surface area (Å²) in [5.41, 5.74) is 4.63. The Labute approximate surface area is 231 Å². The Hall–Kier alpha value is -3.97. The summed E-state index contributed by atoms with van der Waals surface area (Å²) in [7, 11) is 0. The summed E-state index contributed by atoms with van der Waals surface area (Å²) in [6.45, 7) is 2.95. The molecule has 39 heavy (non-hydrogen) atoms. The molecule has 1 heterocycles. The first-order valence-corrected chi connectivity index (χ1v) is 13.4. The molecule has 1 N–H and O–H groups in total. The number of hydrogen-bond acceptors (Lipinski definition) is 5. The predicted octanol–water partition coefficient (Wildman–Crippen LogP) is 4.74. The summed E-state index contributed by atoms with van der Waals surface area (Å²) >= 11 is 6.09. The molecule has 3 amide bonds. The van der Waals surface area contributed by atoms with Gasteiger partial charge in [0.1, 0.15) is 6.04 Å². The second kappa shape index (κ2) is 9.65. The van der Waals surface area contributed by atoms with Gasteiger partial charge in [-0.2, -0.15) is 0 Å². The van der Waals surface area contributed by atoms with Crippen molar-refractivity contribution < 1.29 is 23.9 Å². The van der Waals surface area contributed by atoms with E-state index in [1.807, 2.05) is 48.5 Å². The molecule has 7 rings (SSSR count). The maximum Gasteiger partial charge on any atom is 0.330 e. The number of rotatable bonds is 6. The van der Waals surface area contributed by atoms with Crippen molar-refractivity contribution in [2.24, 2.45) is 17.8 Å². The van der Waals surface area contributed by atoms with Crippen molar-refractivity contribution in [1.29, 1.82) is 0 Å². The summed E-state index contributed by atoms with van der Waals surface area (Å²) in [6, 6.07) is 21.5. The number of benzene rings is 3. The largest absolute Gasteiger partial charge is 0.454 e. The molecule has 0 spiro atoms. The van der Waals surface area contributed by atoms with Crippen LogP contribution < -0.4 is 5.32 Å². The number of amides is 3. The van der Waals surface area contributed by atoms with Crippen LogP contribution in [0.4, 0.5) is 5.69 Å². The first-order chi connectivity index (χ1) is 18.8. The quantitative estimate of drug-likeness (QED) is 0.359. The average Bonchev–Trinajstić information content (AvgIpc) is 3.19. The first kappa shape index (κ1) is 25.3. The van der Waals surface area contributed by atoms with E-state index in [0.717, 1.165) is 27.2 Å². The SMILES string of the molecule is CC(C)[C@@H](C(=O)OCC(=O)Nc1ccccc1Cl)N1C(=O)[C@@H]2C3c4ccccc4C(c4ccccc43)[C@@H]2C1=O. The maximum atomic E-state index is 14.0. The standard InChI is InChI=1S/C31H27ClN2O5/c1-16(2)28(31(38)39-15-23(35)33-22-14-8-7-13-21(22)32)34-29(36)26-24-17-9-3-4-10-18(17)25(27(26)30(34)37)20-12-6-5-11-19(20)24/h3-14,16,24-28H,15H2,1-2H3,(H,33,35)/t24?,25?,26-,27+,28-/m0/s1. The number of imide groups is 1. The molecule has 4 aliphatic rings. The molecule has 7 nitrogen and oxygen atoms in total. The minimum absolute atomic E-state index is 0.265. The summed E-state index contributed by atoms with van der Waals surface area (Å²) in [4.78, 5) is 55.0. The zero-order chi connectivity index (χ0) is 27.4. The number of anilines is 1. The Bertz CT molecular complexity index is 1400. The van der Waals surface area contributed by atoms with Gasteiger partial charge in [0.25, 0.3) is 5.91 Å². The number of para-hydroxylation sites is 1. The molecule has 0 radical (unpaired) electrons. The van der Waals surface area contributed by atoms with Gasteiger partial charge in [-0.15, -0.1) is 0 Å². The molecule has 3 aromatic rings. The Kier molecular flexibility index (Phi) is 6.26. The summed E-state index contributed by atoms with van der Waals surface area (Å²) in [5.74, 6) is -4.22. The molecular formula is C31H27ClN2O5. The van der Waals surface area contributed by atoms with Crippen LogP contribution in [-0.4, -0.2) is 41.2 Å². The Morgan fingerprint density at radius 1 is 0.821 bits per heavy atom. The molecule has 198 valence electrons. The van der Waals surface area contributed by atoms with Gasteiger partial charge < -0.3 is 10.1 Å². The topological polar surface area (TPSA) is 92.8 Å². The highest BCUT2D eigenvalue weighted by Crippen LogP contribution is 2.61. The molecule has 3 aromatic carbocycles. The third kappa shape index (κ3) is 3.95. The number of carbonyl (C=O) groups is 4. The molecule has 0 saturated carbocycles. The van der Waals surface area contributed by atoms with Gasteiger partial charge in [0, 0.05) is 11.8 Å². The molecule has 0 aromatic heterocycles. The van der Waals surface area contributed by atoms with Crippen LogP contribution in [0.5, 0.6) is 0 Å². The van der Waals surface area contributed by atoms with Gasteiger partial charge in [0.05, 0.1) is 22.5 Å². The smallest absolute Gasteiger partial charge is 0.330 e. The normalized spacial score (nSPS) is 23.2. The lowest BCUT2D eigenvalue weighted by Crippen LogP contribution is -2.49. The zero-order valence-corrected chi connectivity index (χ0v) is 22.2. The van der Waals surface area contributed by atoms with E-state index in [1.165, 1.54) is 0 Å². The average molecular weight is 543 g/mol. The fraction of sp³-hybridized carbons (Fsp3) is 0.290. The van der Waals surface area contributed by atoms with E-state index in [1.54, 1.807) is 38.1 Å². The van der Waals surface area contributed by atoms with E-state index in [0.29, 0.717) is 10.7 Å². The van der Waals surface area contributed by atoms with Gasteiger partial charge in [0.2, 0.25) is 11.8 Å². The van der Waals surface area contributed by atoms with E-state index < -0.39 is 42.3 Å². The molecule has 1 saturated heterocycles. The molecule has 2 bridgehead atoms. The van der Waals surface area contributed by atoms with Gasteiger partial charge in [-0.1, -0.05) is 86.1 Å². The second-order valence-electron chi connectivity index (χ2n) is 10.6. The lowest BCUT2D eigenvalue weighted by atomic mass is 9.55. The zero-order valence-electron chi connectivity index (χ0n) is 21.5. The molecule has 3 atom stereocenters. The van der Waals surface area contributed by atoms with E-state index in [9.17, 15) is 19.2 Å². The van der Waals surface area contributed by atoms with Crippen molar-refractivity contribution in [3.8, 4) is 0 Å². The van der Waals surface area contributed by atoms with E-state index in [4.69, 9.17) is 16.3 Å². The number of nitrogens with one attached hydrogen (secondary N) is 1. The van der Waals surface area contributed by atoms with Crippen molar-refractivity contribution in [1.82, 2.24) is 4.90 Å². The number of hydrogen-bond donors (Lipinski definition) is 1. The fourth-order valence-electron chi connectivity index (χ4n) is 6.62. The Balaban J connectivity index is 1.27. The van der Waals surface area contributed by atoms with Crippen molar-refractivity contribution in [3.63, 3.8) is 0 Å². The van der Waals surface area contributed by atoms with Crippen LogP contribution in [-0.2, 0) is 23.9 Å². The van der Waals surface area contributed by atoms with E-state index >= 15 is 0 Å². The molecule has 3 aliphatic carbocycles. The fourth-order valence-corrected chi connectivity index (χ4v) is 6.80. The van der Waals surface area contributed by atoms with Crippen LogP contribution in [0.2, 0.25) is 5.02 Å². The van der Waals surface area contributed by atoms with Crippen LogP contribution in [0, 0.1) is 17.8 Å². The molecule has 1 fully saturated rings. The van der Waals surface area contributed by atoms with Gasteiger partial charge in [-0.25, -0.2) is 4.79 Å². The summed E-state index contributed by atoms with van der Waals surface area (Å²) in [6.07, 6.45) is 0. The monoisotopic (exact) mass is 542 g/mol. The third-order valence-electron chi connectivity index (χ3n) is 8.13. The van der Waals surface area contributed by atoms with Crippen LogP contribution in [0.25, 0.3) is 0 Å². The van der Waals surface area contributed by atoms with Gasteiger partial charge >= 0.3 is 5.97 Å². The maximum absolute atomic E-state index is 14.0. The minimum Gasteiger partial charge on any atom is -0.454 e. The second-order valence-corrected chi connectivity index (χ2v) is 11.0. The van der Waals surface area contributed by atoms with E-state index in [2.05, 4.69) is 5.32 Å². The van der Waals surface area contributed by atoms with Crippen molar-refractivity contribution in [2.45, 2.75) is 31.7 Å². The van der Waals surface area contributed by atoms with Crippen LogP contribution in [0.3, 0.4) is 0 Å². The van der Waals surface area contributed by atoms with Gasteiger partial charge in [-0.3, -0.25) is 19.3 Å². The minimum atomic E-state index is -1.14. The lowest BCUT2D eigenvalue weighted by molar-refractivity contribution is -0.162. The number of likely N-dealkylation sites (tertiary alicyclic amines) is 1. The molecular weight excluding hydrogens is 516 g/mol. The van der Waals surface area contributed by atoms with Crippen LogP contribution in [0.15, 0.2) is 72.8 Å². The molecule has 1 aliphatic heterocycles. The van der Waals surface area contributed by atoms with Crippen molar-refractivity contribution in [2.75, 3.05) is 11.9 Å². The number of nitrogens with zero attached hydrogens (tertiary/aromatic N) is 1. The molecule has 0 unspecified atom stereocenters. The third-order valence-corrected chi connectivity index (χ3v) is 8.46. The highest BCUT2D eigenvalue weighted by molar-refractivity contribution is 6.33.